The van der Waals surface area contributed by atoms with Crippen molar-refractivity contribution in [2.75, 3.05) is 19.1 Å². The number of imide groups is 2. The highest BCUT2D eigenvalue weighted by Gasteiger charge is 2.70. The molecule has 0 spiro atoms. The van der Waals surface area contributed by atoms with Crippen LogP contribution in [0.3, 0.4) is 0 Å². The maximum Gasteiger partial charge on any atom is 0.246 e. The molecular formula is C34H27Br2ClN2O6. The lowest BCUT2D eigenvalue weighted by Gasteiger charge is -2.51. The SMILES string of the molecule is COc1cc(C2C3=CCC4C(=O)N(C)C(=O)C4C3CC3C(=O)N(c4cccc(Cl)c4)C(=O)C32c2ccccc2)c(Br)c(Br)c1O. The largest absolute Gasteiger partial charge is 0.503 e. The zero-order chi connectivity index (χ0) is 31.9. The van der Waals surface area contributed by atoms with Gasteiger partial charge in [-0.1, -0.05) is 59.6 Å². The Morgan fingerprint density at radius 2 is 1.67 bits per heavy atom. The number of methoxy groups -OCH3 is 1. The summed E-state index contributed by atoms with van der Waals surface area (Å²) in [5, 5.41) is 11.3. The normalized spacial score (nSPS) is 29.0. The van der Waals surface area contributed by atoms with Gasteiger partial charge in [-0.25, -0.2) is 4.90 Å². The van der Waals surface area contributed by atoms with Crippen LogP contribution in [0.4, 0.5) is 5.69 Å². The van der Waals surface area contributed by atoms with Gasteiger partial charge in [0, 0.05) is 22.5 Å². The molecule has 3 aromatic carbocycles. The van der Waals surface area contributed by atoms with Crippen LogP contribution < -0.4 is 9.64 Å². The summed E-state index contributed by atoms with van der Waals surface area (Å²) in [5.74, 6) is -4.65. The van der Waals surface area contributed by atoms with Gasteiger partial charge < -0.3 is 9.84 Å². The number of anilines is 1. The maximum absolute atomic E-state index is 15.3. The minimum absolute atomic E-state index is 0.129. The summed E-state index contributed by atoms with van der Waals surface area (Å²) in [7, 11) is 2.94. The van der Waals surface area contributed by atoms with Crippen molar-refractivity contribution in [2.45, 2.75) is 24.2 Å². The van der Waals surface area contributed by atoms with Crippen LogP contribution in [0.25, 0.3) is 0 Å². The summed E-state index contributed by atoms with van der Waals surface area (Å²) in [4.78, 5) is 59.2. The molecule has 8 nitrogen and oxygen atoms in total. The molecular weight excluding hydrogens is 728 g/mol. The topological polar surface area (TPSA) is 104 Å². The average Bonchev–Trinajstić information content (AvgIpc) is 3.41. The average molecular weight is 755 g/mol. The second kappa shape index (κ2) is 10.8. The Hall–Kier alpha value is -3.47. The highest BCUT2D eigenvalue weighted by atomic mass is 79.9. The molecule has 6 unspecified atom stereocenters. The number of benzene rings is 3. The second-order valence-electron chi connectivity index (χ2n) is 12.0. The van der Waals surface area contributed by atoms with Crippen LogP contribution in [0.1, 0.15) is 29.9 Å². The molecule has 2 aliphatic carbocycles. The molecule has 4 aliphatic rings. The van der Waals surface area contributed by atoms with Crippen LogP contribution in [0.2, 0.25) is 5.02 Å². The van der Waals surface area contributed by atoms with E-state index >= 15 is 4.79 Å². The summed E-state index contributed by atoms with van der Waals surface area (Å²) < 4.78 is 6.37. The van der Waals surface area contributed by atoms with Crippen molar-refractivity contribution in [2.24, 2.45) is 23.7 Å². The summed E-state index contributed by atoms with van der Waals surface area (Å²) in [6, 6.07) is 17.6. The van der Waals surface area contributed by atoms with E-state index in [-0.39, 0.29) is 29.7 Å². The first kappa shape index (κ1) is 30.2. The van der Waals surface area contributed by atoms with Gasteiger partial charge in [0.05, 0.1) is 40.4 Å². The van der Waals surface area contributed by atoms with Crippen LogP contribution in [-0.4, -0.2) is 47.8 Å². The van der Waals surface area contributed by atoms with E-state index in [0.717, 1.165) is 5.57 Å². The van der Waals surface area contributed by atoms with E-state index < -0.39 is 46.8 Å². The van der Waals surface area contributed by atoms with Crippen molar-refractivity contribution >= 4 is 72.8 Å². The Labute approximate surface area is 281 Å². The van der Waals surface area contributed by atoms with Gasteiger partial charge in [-0.15, -0.1) is 0 Å². The van der Waals surface area contributed by atoms with Crippen molar-refractivity contribution in [3.63, 3.8) is 0 Å². The number of carbonyl (C=O) groups is 4. The van der Waals surface area contributed by atoms with Crippen molar-refractivity contribution in [3.05, 3.63) is 97.4 Å². The first-order valence-electron chi connectivity index (χ1n) is 14.5. The lowest BCUT2D eigenvalue weighted by Crippen LogP contribution is -2.53. The molecule has 45 heavy (non-hydrogen) atoms. The number of likely N-dealkylation sites (tertiary alicyclic amines) is 1. The number of phenolic OH excluding ortho intramolecular Hbond substituents is 1. The number of allylic oxidation sites excluding steroid dienone is 2. The fourth-order valence-electron chi connectivity index (χ4n) is 8.22. The number of phenols is 1. The molecule has 4 amide bonds. The van der Waals surface area contributed by atoms with E-state index in [2.05, 4.69) is 31.9 Å². The lowest BCUT2D eigenvalue weighted by atomic mass is 9.49. The van der Waals surface area contributed by atoms with Crippen LogP contribution in [0, 0.1) is 23.7 Å². The first-order valence-corrected chi connectivity index (χ1v) is 16.5. The quantitative estimate of drug-likeness (QED) is 0.245. The molecule has 6 atom stereocenters. The predicted molar refractivity (Wildman–Crippen MR) is 174 cm³/mol. The molecule has 1 N–H and O–H groups in total. The molecule has 230 valence electrons. The van der Waals surface area contributed by atoms with E-state index in [1.807, 2.05) is 36.4 Å². The third-order valence-electron chi connectivity index (χ3n) is 10.1. The number of amides is 4. The van der Waals surface area contributed by atoms with E-state index in [1.54, 1.807) is 30.3 Å². The van der Waals surface area contributed by atoms with Gasteiger partial charge in [0.15, 0.2) is 11.5 Å². The van der Waals surface area contributed by atoms with Crippen molar-refractivity contribution < 1.29 is 29.0 Å². The van der Waals surface area contributed by atoms with Crippen LogP contribution in [-0.2, 0) is 24.6 Å². The number of ether oxygens (including phenoxy) is 1. The Morgan fingerprint density at radius 3 is 2.36 bits per heavy atom. The molecule has 2 saturated heterocycles. The van der Waals surface area contributed by atoms with E-state index in [9.17, 15) is 19.5 Å². The standard InChI is InChI=1S/C34H27Br2ClN2O6/c1-38-30(41)20-12-11-19-21(25(20)32(38)43)14-23-31(42)39(18-10-6-9-17(37)13-18)33(44)34(23,16-7-4-3-5-8-16)26(19)22-15-24(45-2)29(40)28(36)27(22)35/h3-11,13,15,20-21,23,25-26,40H,12,14H2,1-2H3. The zero-order valence-corrected chi connectivity index (χ0v) is 28.1. The van der Waals surface area contributed by atoms with Gasteiger partial charge in [0.2, 0.25) is 23.6 Å². The molecule has 0 aromatic heterocycles. The van der Waals surface area contributed by atoms with Crippen molar-refractivity contribution in [1.82, 2.24) is 4.90 Å². The lowest BCUT2D eigenvalue weighted by molar-refractivity contribution is -0.138. The third-order valence-corrected chi connectivity index (χ3v) is 12.5. The smallest absolute Gasteiger partial charge is 0.246 e. The highest BCUT2D eigenvalue weighted by Crippen LogP contribution is 2.65. The fraction of sp³-hybridized carbons (Fsp3) is 0.294. The van der Waals surface area contributed by atoms with Crippen molar-refractivity contribution in [1.29, 1.82) is 0 Å². The van der Waals surface area contributed by atoms with E-state index in [1.165, 1.54) is 24.0 Å². The summed E-state index contributed by atoms with van der Waals surface area (Å²) >= 11 is 13.5. The number of hydrogen-bond donors (Lipinski definition) is 1. The van der Waals surface area contributed by atoms with Crippen molar-refractivity contribution in [3.8, 4) is 11.5 Å². The number of fused-ring (bicyclic) bond motifs is 4. The summed E-state index contributed by atoms with van der Waals surface area (Å²) in [5.41, 5.74) is 0.954. The third kappa shape index (κ3) is 4.07. The zero-order valence-electron chi connectivity index (χ0n) is 24.2. The molecule has 3 aromatic rings. The fourth-order valence-corrected chi connectivity index (χ4v) is 9.36. The summed E-state index contributed by atoms with van der Waals surface area (Å²) in [6.07, 6.45) is 2.51. The molecule has 7 rings (SSSR count). The van der Waals surface area contributed by atoms with Gasteiger partial charge in [-0.2, -0.15) is 0 Å². The Bertz CT molecular complexity index is 1850. The van der Waals surface area contributed by atoms with Crippen LogP contribution >= 0.6 is 43.5 Å². The molecule has 0 radical (unpaired) electrons. The Morgan fingerprint density at radius 1 is 0.933 bits per heavy atom. The molecule has 2 aliphatic heterocycles. The highest BCUT2D eigenvalue weighted by molar-refractivity contribution is 9.13. The van der Waals surface area contributed by atoms with Gasteiger partial charge in [0.1, 0.15) is 0 Å². The predicted octanol–water partition coefficient (Wildman–Crippen LogP) is 6.37. The van der Waals surface area contributed by atoms with Gasteiger partial charge in [-0.05, 0) is 86.0 Å². The molecule has 11 heteroatoms. The number of hydrogen-bond acceptors (Lipinski definition) is 6. The first-order chi connectivity index (χ1) is 21.5. The second-order valence-corrected chi connectivity index (χ2v) is 14.0. The number of carbonyl (C=O) groups excluding carboxylic acids is 4. The van der Waals surface area contributed by atoms with Crippen LogP contribution in [0.15, 0.2) is 81.3 Å². The number of rotatable bonds is 4. The van der Waals surface area contributed by atoms with Crippen LogP contribution in [0.5, 0.6) is 11.5 Å². The van der Waals surface area contributed by atoms with Gasteiger partial charge >= 0.3 is 0 Å². The molecule has 3 fully saturated rings. The van der Waals surface area contributed by atoms with Gasteiger partial charge in [-0.3, -0.25) is 24.1 Å². The number of halogens is 3. The monoisotopic (exact) mass is 752 g/mol. The van der Waals surface area contributed by atoms with E-state index in [4.69, 9.17) is 16.3 Å². The molecule has 1 saturated carbocycles. The Kier molecular flexibility index (Phi) is 7.26. The van der Waals surface area contributed by atoms with Gasteiger partial charge in [0.25, 0.3) is 0 Å². The Balaban J connectivity index is 1.56. The number of nitrogens with zero attached hydrogens (tertiary/aromatic N) is 2. The molecule has 0 bridgehead atoms. The summed E-state index contributed by atoms with van der Waals surface area (Å²) in [6.45, 7) is 0. The minimum Gasteiger partial charge on any atom is -0.503 e. The molecule has 2 heterocycles. The minimum atomic E-state index is -1.45. The maximum atomic E-state index is 15.3. The number of aromatic hydroxyl groups is 1. The van der Waals surface area contributed by atoms with E-state index in [0.29, 0.717) is 37.2 Å².